The molecule has 0 aromatic carbocycles. The van der Waals surface area contributed by atoms with Gasteiger partial charge < -0.3 is 16.2 Å². The summed E-state index contributed by atoms with van der Waals surface area (Å²) in [4.78, 5) is 23.0. The largest absolute Gasteiger partial charge is 0.480 e. The van der Waals surface area contributed by atoms with Crippen molar-refractivity contribution in [2.45, 2.75) is 58.9 Å². The molecule has 0 spiro atoms. The van der Waals surface area contributed by atoms with Gasteiger partial charge in [0, 0.05) is 6.42 Å². The zero-order chi connectivity index (χ0) is 15.1. The molecule has 0 aromatic heterocycles. The molecule has 5 heteroatoms. The maximum absolute atomic E-state index is 11.8. The first-order valence-electron chi connectivity index (χ1n) is 7.01. The molecule has 0 aromatic rings. The number of rotatable bonds is 9. The Morgan fingerprint density at radius 3 is 2.26 bits per heavy atom. The molecule has 0 aliphatic rings. The number of nitrogens with two attached hydrogens (primary N) is 1. The van der Waals surface area contributed by atoms with Gasteiger partial charge in [-0.05, 0) is 44.6 Å². The summed E-state index contributed by atoms with van der Waals surface area (Å²) in [6.07, 6.45) is 2.37. The lowest BCUT2D eigenvalue weighted by Crippen LogP contribution is -2.51. The molecule has 0 aliphatic heterocycles. The van der Waals surface area contributed by atoms with Crippen LogP contribution in [0.3, 0.4) is 0 Å². The van der Waals surface area contributed by atoms with E-state index in [-0.39, 0.29) is 5.91 Å². The highest BCUT2D eigenvalue weighted by Gasteiger charge is 2.32. The molecule has 4 N–H and O–H groups in total. The number of carboxylic acids is 1. The lowest BCUT2D eigenvalue weighted by Gasteiger charge is -2.25. The second-order valence-electron chi connectivity index (χ2n) is 5.66. The van der Waals surface area contributed by atoms with Gasteiger partial charge in [0.2, 0.25) is 5.91 Å². The first kappa shape index (κ1) is 17.9. The molecule has 19 heavy (non-hydrogen) atoms. The van der Waals surface area contributed by atoms with Crippen LogP contribution < -0.4 is 11.1 Å². The van der Waals surface area contributed by atoms with Gasteiger partial charge in [0.25, 0.3) is 0 Å². The smallest absolute Gasteiger partial charge is 0.329 e. The van der Waals surface area contributed by atoms with Gasteiger partial charge in [-0.3, -0.25) is 4.79 Å². The quantitative estimate of drug-likeness (QED) is 0.596. The fourth-order valence-corrected chi connectivity index (χ4v) is 2.00. The van der Waals surface area contributed by atoms with Crippen molar-refractivity contribution in [3.63, 3.8) is 0 Å². The molecule has 0 aliphatic carbocycles. The van der Waals surface area contributed by atoms with Crippen LogP contribution in [0.1, 0.15) is 53.4 Å². The Morgan fingerprint density at radius 2 is 1.89 bits per heavy atom. The van der Waals surface area contributed by atoms with E-state index in [0.29, 0.717) is 31.2 Å². The number of carbonyl (C=O) groups excluding carboxylic acids is 1. The van der Waals surface area contributed by atoms with Crippen LogP contribution in [0.25, 0.3) is 0 Å². The average Bonchev–Trinajstić information content (AvgIpc) is 2.33. The average molecular weight is 272 g/mol. The molecule has 0 radical (unpaired) electrons. The van der Waals surface area contributed by atoms with E-state index in [0.717, 1.165) is 12.8 Å². The molecule has 0 saturated heterocycles. The van der Waals surface area contributed by atoms with E-state index in [9.17, 15) is 9.59 Å². The van der Waals surface area contributed by atoms with Gasteiger partial charge in [-0.15, -0.1) is 0 Å². The lowest BCUT2D eigenvalue weighted by molar-refractivity contribution is -0.147. The second kappa shape index (κ2) is 8.15. The zero-order valence-corrected chi connectivity index (χ0v) is 12.5. The van der Waals surface area contributed by atoms with Crippen LogP contribution in [0.2, 0.25) is 0 Å². The monoisotopic (exact) mass is 272 g/mol. The fourth-order valence-electron chi connectivity index (χ4n) is 2.00. The predicted octanol–water partition coefficient (Wildman–Crippen LogP) is 1.76. The SMILES string of the molecule is CCC(C)(NC(=O)CCC(CCN)C(C)C)C(=O)O. The Kier molecular flexibility index (Phi) is 7.68. The zero-order valence-electron chi connectivity index (χ0n) is 12.5. The summed E-state index contributed by atoms with van der Waals surface area (Å²) < 4.78 is 0. The highest BCUT2D eigenvalue weighted by Crippen LogP contribution is 2.20. The summed E-state index contributed by atoms with van der Waals surface area (Å²) in [5.41, 5.74) is 4.39. The Labute approximate surface area is 115 Å². The Balaban J connectivity index is 4.35. The van der Waals surface area contributed by atoms with Crippen LogP contribution >= 0.6 is 0 Å². The fraction of sp³-hybridized carbons (Fsp3) is 0.857. The molecule has 2 atom stereocenters. The molecule has 1 amide bonds. The van der Waals surface area contributed by atoms with Gasteiger partial charge in [0.15, 0.2) is 0 Å². The van der Waals surface area contributed by atoms with Gasteiger partial charge in [-0.1, -0.05) is 20.8 Å². The topological polar surface area (TPSA) is 92.4 Å². The van der Waals surface area contributed by atoms with E-state index in [1.165, 1.54) is 6.92 Å². The standard InChI is InChI=1S/C14H28N2O3/c1-5-14(4,13(18)19)16-12(17)7-6-11(8-9-15)10(2)3/h10-11H,5-9,15H2,1-4H3,(H,16,17)(H,18,19). The van der Waals surface area contributed by atoms with E-state index in [2.05, 4.69) is 19.2 Å². The summed E-state index contributed by atoms with van der Waals surface area (Å²) in [6, 6.07) is 0. The van der Waals surface area contributed by atoms with Crippen molar-refractivity contribution in [2.75, 3.05) is 6.54 Å². The van der Waals surface area contributed by atoms with Crippen molar-refractivity contribution in [1.29, 1.82) is 0 Å². The van der Waals surface area contributed by atoms with Crippen LogP contribution in [-0.2, 0) is 9.59 Å². The van der Waals surface area contributed by atoms with Gasteiger partial charge in [0.1, 0.15) is 5.54 Å². The summed E-state index contributed by atoms with van der Waals surface area (Å²) in [5, 5.41) is 11.7. The molecule has 0 fully saturated rings. The minimum Gasteiger partial charge on any atom is -0.480 e. The Bertz CT molecular complexity index is 305. The normalized spacial score (nSPS) is 15.9. The third-order valence-electron chi connectivity index (χ3n) is 3.82. The van der Waals surface area contributed by atoms with Crippen LogP contribution in [0.15, 0.2) is 0 Å². The van der Waals surface area contributed by atoms with Crippen molar-refractivity contribution < 1.29 is 14.7 Å². The number of amides is 1. The third-order valence-corrected chi connectivity index (χ3v) is 3.82. The number of hydrogen-bond acceptors (Lipinski definition) is 3. The number of nitrogens with one attached hydrogen (secondary N) is 1. The van der Waals surface area contributed by atoms with E-state index >= 15 is 0 Å². The van der Waals surface area contributed by atoms with E-state index < -0.39 is 11.5 Å². The molecular formula is C14H28N2O3. The maximum Gasteiger partial charge on any atom is 0.329 e. The molecule has 0 rings (SSSR count). The number of carbonyl (C=O) groups is 2. The molecule has 2 unspecified atom stereocenters. The van der Waals surface area contributed by atoms with Crippen LogP contribution in [0.5, 0.6) is 0 Å². The summed E-state index contributed by atoms with van der Waals surface area (Å²) in [6.45, 7) is 8.14. The second-order valence-corrected chi connectivity index (χ2v) is 5.66. The van der Waals surface area contributed by atoms with Crippen LogP contribution in [0.4, 0.5) is 0 Å². The van der Waals surface area contributed by atoms with Gasteiger partial charge in [-0.25, -0.2) is 4.79 Å². The Morgan fingerprint density at radius 1 is 1.32 bits per heavy atom. The van der Waals surface area contributed by atoms with Crippen molar-refractivity contribution in [2.24, 2.45) is 17.6 Å². The third kappa shape index (κ3) is 6.05. The molecule has 5 nitrogen and oxygen atoms in total. The summed E-state index contributed by atoms with van der Waals surface area (Å²) >= 11 is 0. The highest BCUT2D eigenvalue weighted by molar-refractivity contribution is 5.86. The van der Waals surface area contributed by atoms with E-state index in [1.807, 2.05) is 0 Å². The number of hydrogen-bond donors (Lipinski definition) is 3. The molecule has 0 saturated carbocycles. The van der Waals surface area contributed by atoms with Gasteiger partial charge >= 0.3 is 5.97 Å². The van der Waals surface area contributed by atoms with E-state index in [1.54, 1.807) is 6.92 Å². The highest BCUT2D eigenvalue weighted by atomic mass is 16.4. The summed E-state index contributed by atoms with van der Waals surface area (Å²) in [5.74, 6) is -0.304. The predicted molar refractivity (Wildman–Crippen MR) is 75.7 cm³/mol. The van der Waals surface area contributed by atoms with Crippen molar-refractivity contribution in [3.05, 3.63) is 0 Å². The van der Waals surface area contributed by atoms with Crippen LogP contribution in [0, 0.1) is 11.8 Å². The van der Waals surface area contributed by atoms with Crippen molar-refractivity contribution >= 4 is 11.9 Å². The Hall–Kier alpha value is -1.10. The van der Waals surface area contributed by atoms with Gasteiger partial charge in [-0.2, -0.15) is 0 Å². The molecule has 112 valence electrons. The van der Waals surface area contributed by atoms with Crippen LogP contribution in [-0.4, -0.2) is 29.1 Å². The first-order valence-corrected chi connectivity index (χ1v) is 7.01. The maximum atomic E-state index is 11.8. The number of aliphatic carboxylic acids is 1. The minimum atomic E-state index is -1.17. The number of carboxylic acid groups (broad SMARTS) is 1. The minimum absolute atomic E-state index is 0.200. The molecule has 0 heterocycles. The first-order chi connectivity index (χ1) is 8.76. The van der Waals surface area contributed by atoms with Gasteiger partial charge in [0.05, 0.1) is 0 Å². The molecule has 0 bridgehead atoms. The van der Waals surface area contributed by atoms with E-state index in [4.69, 9.17) is 10.8 Å². The van der Waals surface area contributed by atoms with Crippen molar-refractivity contribution in [1.82, 2.24) is 5.32 Å². The molecular weight excluding hydrogens is 244 g/mol. The summed E-state index contributed by atoms with van der Waals surface area (Å²) in [7, 11) is 0. The lowest BCUT2D eigenvalue weighted by atomic mass is 9.88. The van der Waals surface area contributed by atoms with Crippen molar-refractivity contribution in [3.8, 4) is 0 Å².